The van der Waals surface area contributed by atoms with Gasteiger partial charge in [-0.3, -0.25) is 0 Å². The van der Waals surface area contributed by atoms with Crippen LogP contribution in [0.3, 0.4) is 0 Å². The van der Waals surface area contributed by atoms with Gasteiger partial charge in [0.1, 0.15) is 5.75 Å². The summed E-state index contributed by atoms with van der Waals surface area (Å²) < 4.78 is 5.43. The third-order valence-corrected chi connectivity index (χ3v) is 4.48. The first kappa shape index (κ1) is 15.7. The van der Waals surface area contributed by atoms with Crippen LogP contribution in [0, 0.1) is 12.3 Å². The maximum absolute atomic E-state index is 6.16. The van der Waals surface area contributed by atoms with Crippen LogP contribution in [0.25, 0.3) is 0 Å². The number of rotatable bonds is 7. The van der Waals surface area contributed by atoms with Gasteiger partial charge in [0.15, 0.2) is 0 Å². The van der Waals surface area contributed by atoms with Crippen LogP contribution >= 0.6 is 23.2 Å². The summed E-state index contributed by atoms with van der Waals surface area (Å²) in [5.74, 6) is 2.10. The minimum absolute atomic E-state index is 0.0288. The summed E-state index contributed by atoms with van der Waals surface area (Å²) in [4.78, 5) is 0. The van der Waals surface area contributed by atoms with E-state index in [0.29, 0.717) is 11.8 Å². The van der Waals surface area contributed by atoms with E-state index in [1.807, 2.05) is 6.07 Å². The van der Waals surface area contributed by atoms with Crippen molar-refractivity contribution in [2.45, 2.75) is 33.1 Å². The Kier molecular flexibility index (Phi) is 6.31. The van der Waals surface area contributed by atoms with Crippen molar-refractivity contribution < 1.29 is 4.74 Å². The maximum atomic E-state index is 6.16. The highest BCUT2D eigenvalue weighted by atomic mass is 35.5. The molecule has 0 atom stereocenters. The fourth-order valence-electron chi connectivity index (χ4n) is 2.33. The van der Waals surface area contributed by atoms with Crippen molar-refractivity contribution >= 4 is 23.2 Å². The van der Waals surface area contributed by atoms with Gasteiger partial charge in [0.25, 0.3) is 0 Å². The van der Waals surface area contributed by atoms with Crippen LogP contribution in [0.1, 0.15) is 30.9 Å². The highest BCUT2D eigenvalue weighted by Crippen LogP contribution is 2.35. The van der Waals surface area contributed by atoms with Crippen molar-refractivity contribution in [3.8, 4) is 5.75 Å². The van der Waals surface area contributed by atoms with Gasteiger partial charge in [-0.15, -0.1) is 23.2 Å². The van der Waals surface area contributed by atoms with Crippen molar-refractivity contribution in [1.29, 1.82) is 0 Å². The van der Waals surface area contributed by atoms with Crippen LogP contribution in [0.15, 0.2) is 18.2 Å². The van der Waals surface area contributed by atoms with Gasteiger partial charge in [-0.05, 0) is 31.4 Å². The second-order valence-corrected chi connectivity index (χ2v) is 5.54. The van der Waals surface area contributed by atoms with Gasteiger partial charge < -0.3 is 4.74 Å². The second-order valence-electron chi connectivity index (χ2n) is 5.01. The molecule has 0 spiro atoms. The molecule has 18 heavy (non-hydrogen) atoms. The predicted molar refractivity (Wildman–Crippen MR) is 80.2 cm³/mol. The number of halogens is 2. The molecule has 1 rings (SSSR count). The van der Waals surface area contributed by atoms with E-state index in [0.717, 1.165) is 25.0 Å². The van der Waals surface area contributed by atoms with Gasteiger partial charge in [-0.25, -0.2) is 0 Å². The van der Waals surface area contributed by atoms with Crippen molar-refractivity contribution in [2.75, 3.05) is 18.9 Å². The Balaban J connectivity index is 3.02. The zero-order chi connectivity index (χ0) is 13.6. The standard InChI is InChI=1S/C15H22Cl2O/c1-4-7-15(10-16,11-17)9-13-8-12(2)5-6-14(13)18-3/h5-6,8H,4,7,9-11H2,1-3H3. The Bertz CT molecular complexity index is 373. The summed E-state index contributed by atoms with van der Waals surface area (Å²) in [6, 6.07) is 6.25. The number of ether oxygens (including phenoxy) is 1. The molecule has 0 aliphatic carbocycles. The van der Waals surface area contributed by atoms with Crippen LogP contribution in [0.5, 0.6) is 5.75 Å². The summed E-state index contributed by atoms with van der Waals surface area (Å²) in [6.45, 7) is 4.26. The third kappa shape index (κ3) is 3.80. The molecule has 0 aliphatic rings. The molecule has 0 radical (unpaired) electrons. The molecule has 0 N–H and O–H groups in total. The van der Waals surface area contributed by atoms with Crippen LogP contribution in [0.4, 0.5) is 0 Å². The van der Waals surface area contributed by atoms with Crippen LogP contribution < -0.4 is 4.74 Å². The Morgan fingerprint density at radius 1 is 1.22 bits per heavy atom. The lowest BCUT2D eigenvalue weighted by Gasteiger charge is -2.30. The Morgan fingerprint density at radius 3 is 2.39 bits per heavy atom. The number of aryl methyl sites for hydroxylation is 1. The first-order valence-electron chi connectivity index (χ1n) is 6.36. The average molecular weight is 289 g/mol. The summed E-state index contributed by atoms with van der Waals surface area (Å²) >= 11 is 12.3. The molecule has 1 aromatic carbocycles. The SMILES string of the molecule is CCCC(CCl)(CCl)Cc1cc(C)ccc1OC. The highest BCUT2D eigenvalue weighted by Gasteiger charge is 2.29. The Labute approximate surface area is 120 Å². The minimum Gasteiger partial charge on any atom is -0.496 e. The molecule has 0 saturated heterocycles. The molecule has 0 bridgehead atoms. The third-order valence-electron chi connectivity index (χ3n) is 3.35. The molecule has 3 heteroatoms. The van der Waals surface area contributed by atoms with Gasteiger partial charge in [0.05, 0.1) is 7.11 Å². The first-order valence-corrected chi connectivity index (χ1v) is 7.43. The van der Waals surface area contributed by atoms with Crippen molar-refractivity contribution in [3.63, 3.8) is 0 Å². The summed E-state index contributed by atoms with van der Waals surface area (Å²) in [7, 11) is 1.71. The largest absolute Gasteiger partial charge is 0.496 e. The Morgan fingerprint density at radius 2 is 1.89 bits per heavy atom. The van der Waals surface area contributed by atoms with Crippen LogP contribution in [-0.4, -0.2) is 18.9 Å². The van der Waals surface area contributed by atoms with Gasteiger partial charge in [-0.2, -0.15) is 0 Å². The number of hydrogen-bond donors (Lipinski definition) is 0. The molecule has 0 aliphatic heterocycles. The van der Waals surface area contributed by atoms with E-state index < -0.39 is 0 Å². The van der Waals surface area contributed by atoms with E-state index in [9.17, 15) is 0 Å². The number of methoxy groups -OCH3 is 1. The number of alkyl halides is 2. The van der Waals surface area contributed by atoms with Crippen molar-refractivity contribution in [2.24, 2.45) is 5.41 Å². The molecule has 0 heterocycles. The maximum Gasteiger partial charge on any atom is 0.122 e. The van der Waals surface area contributed by atoms with E-state index >= 15 is 0 Å². The normalized spacial score (nSPS) is 11.6. The molecule has 1 aromatic rings. The van der Waals surface area contributed by atoms with Crippen molar-refractivity contribution in [3.05, 3.63) is 29.3 Å². The van der Waals surface area contributed by atoms with Crippen LogP contribution in [0.2, 0.25) is 0 Å². The summed E-state index contributed by atoms with van der Waals surface area (Å²) in [6.07, 6.45) is 3.00. The minimum atomic E-state index is -0.0288. The first-order chi connectivity index (χ1) is 8.60. The van der Waals surface area contributed by atoms with E-state index in [-0.39, 0.29) is 5.41 Å². The summed E-state index contributed by atoms with van der Waals surface area (Å²) in [5, 5.41) is 0. The molecular weight excluding hydrogens is 267 g/mol. The van der Waals surface area contributed by atoms with E-state index in [1.165, 1.54) is 11.1 Å². The molecule has 0 saturated carbocycles. The topological polar surface area (TPSA) is 9.23 Å². The lowest BCUT2D eigenvalue weighted by molar-refractivity contribution is 0.331. The van der Waals surface area contributed by atoms with Crippen LogP contribution in [-0.2, 0) is 6.42 Å². The van der Waals surface area contributed by atoms with Gasteiger partial charge in [0, 0.05) is 17.2 Å². The Hall–Kier alpha value is -0.400. The van der Waals surface area contributed by atoms with Gasteiger partial charge in [0.2, 0.25) is 0 Å². The lowest BCUT2D eigenvalue weighted by Crippen LogP contribution is -2.28. The van der Waals surface area contributed by atoms with Crippen molar-refractivity contribution in [1.82, 2.24) is 0 Å². The molecule has 0 aromatic heterocycles. The van der Waals surface area contributed by atoms with E-state index in [4.69, 9.17) is 27.9 Å². The molecular formula is C15H22Cl2O. The average Bonchev–Trinajstić information content (AvgIpc) is 2.38. The smallest absolute Gasteiger partial charge is 0.122 e. The molecule has 102 valence electrons. The quantitative estimate of drug-likeness (QED) is 0.654. The molecule has 0 fully saturated rings. The zero-order valence-corrected chi connectivity index (χ0v) is 12.9. The monoisotopic (exact) mass is 288 g/mol. The fourth-order valence-corrected chi connectivity index (χ4v) is 3.07. The second kappa shape index (κ2) is 7.25. The van der Waals surface area contributed by atoms with E-state index in [1.54, 1.807) is 7.11 Å². The zero-order valence-electron chi connectivity index (χ0n) is 11.4. The highest BCUT2D eigenvalue weighted by molar-refractivity contribution is 6.21. The number of hydrogen-bond acceptors (Lipinski definition) is 1. The van der Waals surface area contributed by atoms with Gasteiger partial charge in [-0.1, -0.05) is 31.0 Å². The number of benzene rings is 1. The molecule has 0 unspecified atom stereocenters. The molecule has 1 nitrogen and oxygen atoms in total. The summed E-state index contributed by atoms with van der Waals surface area (Å²) in [5.41, 5.74) is 2.41. The fraction of sp³-hybridized carbons (Fsp3) is 0.600. The predicted octanol–water partition coefficient (Wildman–Crippen LogP) is 4.81. The molecule has 0 amide bonds. The van der Waals surface area contributed by atoms with E-state index in [2.05, 4.69) is 26.0 Å². The lowest BCUT2D eigenvalue weighted by atomic mass is 9.81. The van der Waals surface area contributed by atoms with Gasteiger partial charge >= 0.3 is 0 Å².